The third kappa shape index (κ3) is 4.16. The molecule has 1 amide bonds. The van der Waals surface area contributed by atoms with Gasteiger partial charge in [-0.05, 0) is 47.5 Å². The third-order valence-electron chi connectivity index (χ3n) is 3.45. The second-order valence-electron chi connectivity index (χ2n) is 5.22. The molecule has 0 radical (unpaired) electrons. The molecular weight excluding hydrogens is 305 g/mol. The molecular formula is C19H16FN3O. The monoisotopic (exact) mass is 321 g/mol. The molecule has 4 nitrogen and oxygen atoms in total. The molecule has 0 aliphatic carbocycles. The Kier molecular flexibility index (Phi) is 4.81. The molecule has 0 aliphatic rings. The molecule has 0 unspecified atom stereocenters. The topological polar surface area (TPSA) is 46.9 Å². The summed E-state index contributed by atoms with van der Waals surface area (Å²) in [7, 11) is 0. The van der Waals surface area contributed by atoms with Crippen LogP contribution in [0.3, 0.4) is 0 Å². The number of hydrogen-bond donors (Lipinski definition) is 1. The predicted octanol–water partition coefficient (Wildman–Crippen LogP) is 3.34. The number of aromatic nitrogens is 2. The van der Waals surface area contributed by atoms with E-state index in [1.807, 2.05) is 36.5 Å². The summed E-state index contributed by atoms with van der Waals surface area (Å²) in [5.41, 5.74) is 2.59. The second kappa shape index (κ2) is 7.37. The Morgan fingerprint density at radius 3 is 2.71 bits per heavy atom. The zero-order chi connectivity index (χ0) is 16.8. The van der Waals surface area contributed by atoms with Gasteiger partial charge in [0.15, 0.2) is 0 Å². The molecule has 0 fully saturated rings. The lowest BCUT2D eigenvalue weighted by molar-refractivity contribution is -0.116. The van der Waals surface area contributed by atoms with Crippen molar-refractivity contribution in [3.05, 3.63) is 90.0 Å². The maximum atomic E-state index is 13.1. The SMILES string of the molecule is O=C(C=Cc1cccc(F)c1)NCc1ccc(-n2cccn2)cc1. The van der Waals surface area contributed by atoms with E-state index < -0.39 is 0 Å². The van der Waals surface area contributed by atoms with Crippen molar-refractivity contribution in [1.29, 1.82) is 0 Å². The molecule has 0 bridgehead atoms. The van der Waals surface area contributed by atoms with Crippen molar-refractivity contribution in [3.8, 4) is 5.69 Å². The largest absolute Gasteiger partial charge is 0.348 e. The summed E-state index contributed by atoms with van der Waals surface area (Å²) < 4.78 is 14.8. The summed E-state index contributed by atoms with van der Waals surface area (Å²) in [5.74, 6) is -0.551. The summed E-state index contributed by atoms with van der Waals surface area (Å²) in [5, 5.41) is 6.96. The highest BCUT2D eigenvalue weighted by atomic mass is 19.1. The number of benzene rings is 2. The Morgan fingerprint density at radius 1 is 1.17 bits per heavy atom. The van der Waals surface area contributed by atoms with Gasteiger partial charge >= 0.3 is 0 Å². The molecule has 0 saturated heterocycles. The smallest absolute Gasteiger partial charge is 0.244 e. The number of amides is 1. The van der Waals surface area contributed by atoms with Crippen LogP contribution in [-0.4, -0.2) is 15.7 Å². The normalized spacial score (nSPS) is 10.9. The zero-order valence-corrected chi connectivity index (χ0v) is 12.9. The molecule has 24 heavy (non-hydrogen) atoms. The van der Waals surface area contributed by atoms with Crippen LogP contribution in [0.15, 0.2) is 73.1 Å². The fourth-order valence-corrected chi connectivity index (χ4v) is 2.22. The van der Waals surface area contributed by atoms with Crippen LogP contribution in [0.25, 0.3) is 11.8 Å². The van der Waals surface area contributed by atoms with Crippen LogP contribution in [0.2, 0.25) is 0 Å². The molecule has 0 atom stereocenters. The molecule has 0 spiro atoms. The van der Waals surface area contributed by atoms with Gasteiger partial charge in [-0.25, -0.2) is 9.07 Å². The lowest BCUT2D eigenvalue weighted by atomic mass is 10.2. The minimum atomic E-state index is -0.324. The van der Waals surface area contributed by atoms with E-state index in [4.69, 9.17) is 0 Å². The Hall–Kier alpha value is -3.21. The van der Waals surface area contributed by atoms with Crippen LogP contribution < -0.4 is 5.32 Å². The average molecular weight is 321 g/mol. The molecule has 1 aromatic heterocycles. The van der Waals surface area contributed by atoms with Crippen molar-refractivity contribution >= 4 is 12.0 Å². The van der Waals surface area contributed by atoms with Gasteiger partial charge in [-0.3, -0.25) is 4.79 Å². The van der Waals surface area contributed by atoms with Crippen LogP contribution in [0.4, 0.5) is 4.39 Å². The predicted molar refractivity (Wildman–Crippen MR) is 90.8 cm³/mol. The highest BCUT2D eigenvalue weighted by Crippen LogP contribution is 2.09. The van der Waals surface area contributed by atoms with Gasteiger partial charge in [-0.15, -0.1) is 0 Å². The lowest BCUT2D eigenvalue weighted by Gasteiger charge is -2.05. The molecule has 0 saturated carbocycles. The van der Waals surface area contributed by atoms with E-state index in [2.05, 4.69) is 10.4 Å². The first-order chi connectivity index (χ1) is 11.7. The van der Waals surface area contributed by atoms with E-state index in [-0.39, 0.29) is 11.7 Å². The number of nitrogens with one attached hydrogen (secondary N) is 1. The van der Waals surface area contributed by atoms with Crippen LogP contribution in [0.1, 0.15) is 11.1 Å². The number of carbonyl (C=O) groups is 1. The Balaban J connectivity index is 1.54. The van der Waals surface area contributed by atoms with Crippen LogP contribution >= 0.6 is 0 Å². The Morgan fingerprint density at radius 2 is 2.00 bits per heavy atom. The average Bonchev–Trinajstić information content (AvgIpc) is 3.13. The van der Waals surface area contributed by atoms with E-state index >= 15 is 0 Å². The van der Waals surface area contributed by atoms with E-state index in [9.17, 15) is 9.18 Å². The van der Waals surface area contributed by atoms with Gasteiger partial charge in [0.25, 0.3) is 0 Å². The quantitative estimate of drug-likeness (QED) is 0.733. The second-order valence-corrected chi connectivity index (χ2v) is 5.22. The van der Waals surface area contributed by atoms with Crippen molar-refractivity contribution < 1.29 is 9.18 Å². The molecule has 5 heteroatoms. The molecule has 2 aromatic carbocycles. The minimum Gasteiger partial charge on any atom is -0.348 e. The highest BCUT2D eigenvalue weighted by molar-refractivity contribution is 5.91. The first kappa shape index (κ1) is 15.7. The first-order valence-electron chi connectivity index (χ1n) is 7.51. The summed E-state index contributed by atoms with van der Waals surface area (Å²) in [6.45, 7) is 0.422. The van der Waals surface area contributed by atoms with Gasteiger partial charge in [0.05, 0.1) is 5.69 Å². The third-order valence-corrected chi connectivity index (χ3v) is 3.45. The van der Waals surface area contributed by atoms with Crippen molar-refractivity contribution in [1.82, 2.24) is 15.1 Å². The number of carbonyl (C=O) groups excluding carboxylic acids is 1. The Labute approximate surface area is 139 Å². The van der Waals surface area contributed by atoms with E-state index in [0.717, 1.165) is 11.3 Å². The van der Waals surface area contributed by atoms with E-state index in [0.29, 0.717) is 12.1 Å². The van der Waals surface area contributed by atoms with E-state index in [1.54, 1.807) is 29.1 Å². The lowest BCUT2D eigenvalue weighted by Crippen LogP contribution is -2.20. The number of halogens is 1. The molecule has 120 valence electrons. The fraction of sp³-hybridized carbons (Fsp3) is 0.0526. The van der Waals surface area contributed by atoms with Gasteiger partial charge in [0.2, 0.25) is 5.91 Å². The highest BCUT2D eigenvalue weighted by Gasteiger charge is 1.99. The van der Waals surface area contributed by atoms with Gasteiger partial charge in [0, 0.05) is 25.0 Å². The van der Waals surface area contributed by atoms with Crippen LogP contribution in [0.5, 0.6) is 0 Å². The number of nitrogens with zero attached hydrogens (tertiary/aromatic N) is 2. The maximum Gasteiger partial charge on any atom is 0.244 e. The summed E-state index contributed by atoms with van der Waals surface area (Å²) in [6, 6.07) is 15.7. The number of hydrogen-bond acceptors (Lipinski definition) is 2. The Bertz CT molecular complexity index is 839. The van der Waals surface area contributed by atoms with Gasteiger partial charge in [0.1, 0.15) is 5.82 Å². The van der Waals surface area contributed by atoms with Crippen molar-refractivity contribution in [3.63, 3.8) is 0 Å². The zero-order valence-electron chi connectivity index (χ0n) is 12.9. The van der Waals surface area contributed by atoms with Gasteiger partial charge in [-0.1, -0.05) is 24.3 Å². The fourth-order valence-electron chi connectivity index (χ4n) is 2.22. The van der Waals surface area contributed by atoms with Crippen molar-refractivity contribution in [2.24, 2.45) is 0 Å². The molecule has 0 aliphatic heterocycles. The minimum absolute atomic E-state index is 0.226. The van der Waals surface area contributed by atoms with Crippen LogP contribution in [0, 0.1) is 5.82 Å². The van der Waals surface area contributed by atoms with Gasteiger partial charge in [-0.2, -0.15) is 5.10 Å². The number of rotatable bonds is 5. The standard InChI is InChI=1S/C19H16FN3O/c20-17-4-1-3-15(13-17)7-10-19(24)21-14-16-5-8-18(9-6-16)23-12-2-11-22-23/h1-13H,14H2,(H,21,24). The summed E-state index contributed by atoms with van der Waals surface area (Å²) in [4.78, 5) is 11.8. The molecule has 1 heterocycles. The van der Waals surface area contributed by atoms with Crippen molar-refractivity contribution in [2.45, 2.75) is 6.54 Å². The summed E-state index contributed by atoms with van der Waals surface area (Å²) >= 11 is 0. The van der Waals surface area contributed by atoms with E-state index in [1.165, 1.54) is 18.2 Å². The molecule has 3 rings (SSSR count). The first-order valence-corrected chi connectivity index (χ1v) is 7.51. The van der Waals surface area contributed by atoms with Crippen molar-refractivity contribution in [2.75, 3.05) is 0 Å². The van der Waals surface area contributed by atoms with Gasteiger partial charge < -0.3 is 5.32 Å². The summed E-state index contributed by atoms with van der Waals surface area (Å²) in [6.07, 6.45) is 6.57. The maximum absolute atomic E-state index is 13.1. The molecule has 1 N–H and O–H groups in total. The molecule has 3 aromatic rings. The van der Waals surface area contributed by atoms with Crippen LogP contribution in [-0.2, 0) is 11.3 Å².